The molecule has 3 fully saturated rings. The number of carbonyl (C=O) groups excluding carboxylic acids is 1. The number of hydrogen-bond donors (Lipinski definition) is 1. The van der Waals surface area contributed by atoms with Crippen molar-refractivity contribution in [2.75, 3.05) is 13.1 Å². The van der Waals surface area contributed by atoms with E-state index >= 15 is 0 Å². The predicted molar refractivity (Wildman–Crippen MR) is 51.0 cm³/mol. The molecule has 3 heterocycles. The highest BCUT2D eigenvalue weighted by Crippen LogP contribution is 2.43. The van der Waals surface area contributed by atoms with E-state index in [1.165, 1.54) is 12.8 Å². The van der Waals surface area contributed by atoms with Gasteiger partial charge in [0.2, 0.25) is 0 Å². The molecule has 0 bridgehead atoms. The Hall–Kier alpha value is -0.770. The topological polar surface area (TPSA) is 41.6 Å². The highest BCUT2D eigenvalue weighted by Gasteiger charge is 2.53. The molecule has 3 aliphatic rings. The maximum atomic E-state index is 11.1. The third kappa shape index (κ3) is 1.00. The number of rotatable bonds is 0. The van der Waals surface area contributed by atoms with Gasteiger partial charge in [-0.05, 0) is 26.3 Å². The minimum atomic E-state index is -0.240. The van der Waals surface area contributed by atoms with Crippen LogP contribution in [0.15, 0.2) is 0 Å². The fraction of sp³-hybridized carbons (Fsp3) is 0.900. The van der Waals surface area contributed by atoms with Crippen LogP contribution in [0.2, 0.25) is 0 Å². The average Bonchev–Trinajstić information content (AvgIpc) is 2.57. The maximum Gasteiger partial charge on any atom is 0.407 e. The molecular weight excluding hydrogens is 180 g/mol. The normalized spacial score (nSPS) is 46.8. The number of nitrogens with one attached hydrogen (secondary N) is 1. The highest BCUT2D eigenvalue weighted by atomic mass is 16.6. The molecular formula is C10H16N2O2. The Morgan fingerprint density at radius 3 is 3.36 bits per heavy atom. The van der Waals surface area contributed by atoms with Gasteiger partial charge in [-0.25, -0.2) is 4.79 Å². The van der Waals surface area contributed by atoms with Crippen LogP contribution in [0.5, 0.6) is 0 Å². The first-order chi connectivity index (χ1) is 6.69. The Bertz CT molecular complexity index is 281. The van der Waals surface area contributed by atoms with Crippen molar-refractivity contribution in [1.82, 2.24) is 10.2 Å². The maximum absolute atomic E-state index is 11.1. The van der Waals surface area contributed by atoms with E-state index in [0.717, 1.165) is 19.5 Å². The summed E-state index contributed by atoms with van der Waals surface area (Å²) in [5.41, 5.74) is 0.293. The number of ether oxygens (including phenoxy) is 1. The minimum Gasteiger partial charge on any atom is -0.444 e. The summed E-state index contributed by atoms with van der Waals surface area (Å²) in [5.74, 6) is 0. The summed E-state index contributed by atoms with van der Waals surface area (Å²) in [6.07, 6.45) is 3.45. The zero-order valence-electron chi connectivity index (χ0n) is 8.45. The fourth-order valence-electron chi connectivity index (χ4n) is 3.33. The summed E-state index contributed by atoms with van der Waals surface area (Å²) in [5, 5.41) is 2.78. The first-order valence-corrected chi connectivity index (χ1v) is 5.40. The number of fused-ring (bicyclic) bond motifs is 3. The van der Waals surface area contributed by atoms with Gasteiger partial charge in [-0.3, -0.25) is 4.90 Å². The Morgan fingerprint density at radius 1 is 1.64 bits per heavy atom. The van der Waals surface area contributed by atoms with Crippen molar-refractivity contribution in [2.45, 2.75) is 43.9 Å². The van der Waals surface area contributed by atoms with Gasteiger partial charge in [0, 0.05) is 18.5 Å². The lowest BCUT2D eigenvalue weighted by Crippen LogP contribution is -2.52. The second-order valence-electron chi connectivity index (χ2n) is 4.89. The van der Waals surface area contributed by atoms with Gasteiger partial charge in [0.05, 0.1) is 6.04 Å². The second kappa shape index (κ2) is 2.63. The molecule has 3 unspecified atom stereocenters. The first kappa shape index (κ1) is 8.53. The van der Waals surface area contributed by atoms with Crippen molar-refractivity contribution in [3.63, 3.8) is 0 Å². The van der Waals surface area contributed by atoms with Crippen LogP contribution in [-0.2, 0) is 4.74 Å². The van der Waals surface area contributed by atoms with Gasteiger partial charge in [-0.1, -0.05) is 0 Å². The van der Waals surface area contributed by atoms with E-state index in [4.69, 9.17) is 4.74 Å². The number of nitrogens with zero attached hydrogens (tertiary/aromatic N) is 1. The van der Waals surface area contributed by atoms with E-state index in [1.807, 2.05) is 0 Å². The average molecular weight is 196 g/mol. The summed E-state index contributed by atoms with van der Waals surface area (Å²) >= 11 is 0. The van der Waals surface area contributed by atoms with Crippen LogP contribution in [0.3, 0.4) is 0 Å². The molecule has 3 saturated heterocycles. The highest BCUT2D eigenvalue weighted by molar-refractivity contribution is 5.68. The summed E-state index contributed by atoms with van der Waals surface area (Å²) in [6.45, 7) is 4.22. The molecule has 1 N–H and O–H groups in total. The zero-order valence-corrected chi connectivity index (χ0v) is 8.45. The molecule has 0 aromatic carbocycles. The predicted octanol–water partition coefficient (Wildman–Crippen LogP) is 0.722. The number of alkyl carbamates (subject to hydrolysis) is 1. The molecule has 0 spiro atoms. The van der Waals surface area contributed by atoms with E-state index in [1.54, 1.807) is 0 Å². The SMILES string of the molecule is CC12CCCN1C1CNC(=O)OC1C2. The third-order valence-electron chi connectivity index (χ3n) is 3.99. The molecule has 3 atom stereocenters. The summed E-state index contributed by atoms with van der Waals surface area (Å²) in [6, 6.07) is 0.417. The molecule has 0 aromatic rings. The standard InChI is InChI=1S/C10H16N2O2/c1-10-3-2-4-12(10)7-6-11-9(13)14-8(7)5-10/h7-8H,2-6H2,1H3,(H,11,13). The number of hydrogen-bond acceptors (Lipinski definition) is 3. The Kier molecular flexibility index (Phi) is 1.60. The fourth-order valence-corrected chi connectivity index (χ4v) is 3.33. The van der Waals surface area contributed by atoms with Crippen LogP contribution in [-0.4, -0.2) is 41.8 Å². The Balaban J connectivity index is 1.85. The van der Waals surface area contributed by atoms with Crippen LogP contribution in [0, 0.1) is 0 Å². The van der Waals surface area contributed by atoms with E-state index in [9.17, 15) is 4.79 Å². The minimum absolute atomic E-state index is 0.133. The number of carbonyl (C=O) groups is 1. The van der Waals surface area contributed by atoms with Crippen molar-refractivity contribution in [3.8, 4) is 0 Å². The van der Waals surface area contributed by atoms with E-state index in [-0.39, 0.29) is 12.2 Å². The van der Waals surface area contributed by atoms with Crippen LogP contribution >= 0.6 is 0 Å². The van der Waals surface area contributed by atoms with E-state index in [2.05, 4.69) is 17.1 Å². The van der Waals surface area contributed by atoms with Crippen LogP contribution in [0.1, 0.15) is 26.2 Å². The van der Waals surface area contributed by atoms with E-state index in [0.29, 0.717) is 11.6 Å². The summed E-state index contributed by atoms with van der Waals surface area (Å²) in [4.78, 5) is 13.6. The van der Waals surface area contributed by atoms with Crippen LogP contribution in [0.25, 0.3) is 0 Å². The van der Waals surface area contributed by atoms with Gasteiger partial charge in [0.15, 0.2) is 0 Å². The van der Waals surface area contributed by atoms with E-state index < -0.39 is 0 Å². The Labute approximate surface area is 83.6 Å². The molecule has 0 aromatic heterocycles. The molecule has 3 rings (SSSR count). The van der Waals surface area contributed by atoms with Gasteiger partial charge in [-0.15, -0.1) is 0 Å². The molecule has 14 heavy (non-hydrogen) atoms. The molecule has 4 heteroatoms. The lowest BCUT2D eigenvalue weighted by atomic mass is 9.95. The largest absolute Gasteiger partial charge is 0.444 e. The molecule has 4 nitrogen and oxygen atoms in total. The van der Waals surface area contributed by atoms with Crippen molar-refractivity contribution in [3.05, 3.63) is 0 Å². The molecule has 0 radical (unpaired) electrons. The number of amides is 1. The molecule has 0 aliphatic carbocycles. The molecule has 78 valence electrons. The van der Waals surface area contributed by atoms with Gasteiger partial charge in [0.25, 0.3) is 0 Å². The van der Waals surface area contributed by atoms with Gasteiger partial charge in [0.1, 0.15) is 6.10 Å². The van der Waals surface area contributed by atoms with Crippen molar-refractivity contribution in [1.29, 1.82) is 0 Å². The summed E-state index contributed by atoms with van der Waals surface area (Å²) < 4.78 is 5.32. The van der Waals surface area contributed by atoms with Crippen LogP contribution < -0.4 is 5.32 Å². The monoisotopic (exact) mass is 196 g/mol. The third-order valence-corrected chi connectivity index (χ3v) is 3.99. The lowest BCUT2D eigenvalue weighted by Gasteiger charge is -2.33. The molecule has 3 aliphatic heterocycles. The zero-order chi connectivity index (χ0) is 9.76. The van der Waals surface area contributed by atoms with Gasteiger partial charge < -0.3 is 10.1 Å². The molecule has 0 saturated carbocycles. The summed E-state index contributed by atoms with van der Waals surface area (Å²) in [7, 11) is 0. The Morgan fingerprint density at radius 2 is 2.50 bits per heavy atom. The molecule has 1 amide bonds. The first-order valence-electron chi connectivity index (χ1n) is 5.40. The van der Waals surface area contributed by atoms with Crippen molar-refractivity contribution < 1.29 is 9.53 Å². The lowest BCUT2D eigenvalue weighted by molar-refractivity contribution is 0.0466. The van der Waals surface area contributed by atoms with Gasteiger partial charge >= 0.3 is 6.09 Å². The van der Waals surface area contributed by atoms with Crippen LogP contribution in [0.4, 0.5) is 4.79 Å². The smallest absolute Gasteiger partial charge is 0.407 e. The second-order valence-corrected chi connectivity index (χ2v) is 4.89. The quantitative estimate of drug-likeness (QED) is 0.620. The van der Waals surface area contributed by atoms with Crippen molar-refractivity contribution in [2.24, 2.45) is 0 Å². The van der Waals surface area contributed by atoms with Crippen molar-refractivity contribution >= 4 is 6.09 Å². The van der Waals surface area contributed by atoms with Gasteiger partial charge in [-0.2, -0.15) is 0 Å².